The molecule has 2 aliphatic rings. The zero-order valence-electron chi connectivity index (χ0n) is 15.8. The van der Waals surface area contributed by atoms with Gasteiger partial charge in [-0.25, -0.2) is 0 Å². The van der Waals surface area contributed by atoms with Crippen molar-refractivity contribution in [3.05, 3.63) is 71.9 Å². The minimum absolute atomic E-state index is 0.762. The van der Waals surface area contributed by atoms with Gasteiger partial charge < -0.3 is 4.74 Å². The van der Waals surface area contributed by atoms with Crippen LogP contribution >= 0.6 is 0 Å². The Morgan fingerprint density at radius 2 is 1.71 bits per heavy atom. The highest BCUT2D eigenvalue weighted by atomic mass is 16.5. The molecule has 0 unspecified atom stereocenters. The van der Waals surface area contributed by atoms with E-state index in [-0.39, 0.29) is 0 Å². The Labute approximate surface area is 165 Å². The number of hydrogen-bond acceptors (Lipinski definition) is 4. The molecule has 2 aliphatic heterocycles. The lowest BCUT2D eigenvalue weighted by Gasteiger charge is -2.14. The van der Waals surface area contributed by atoms with Gasteiger partial charge in [0.15, 0.2) is 0 Å². The number of nitrogens with zero attached hydrogens (tertiary/aromatic N) is 3. The van der Waals surface area contributed by atoms with Gasteiger partial charge in [0.05, 0.1) is 17.8 Å². The van der Waals surface area contributed by atoms with Crippen LogP contribution in [0.3, 0.4) is 0 Å². The Hall–Kier alpha value is -2.98. The van der Waals surface area contributed by atoms with Gasteiger partial charge in [-0.3, -0.25) is 14.9 Å². The number of fused-ring (bicyclic) bond motifs is 1. The van der Waals surface area contributed by atoms with E-state index < -0.39 is 0 Å². The predicted molar refractivity (Wildman–Crippen MR) is 114 cm³/mol. The van der Waals surface area contributed by atoms with Gasteiger partial charge in [-0.15, -0.1) is 0 Å². The largest absolute Gasteiger partial charge is 0.457 e. The van der Waals surface area contributed by atoms with Crippen LogP contribution in [-0.2, 0) is 6.54 Å². The molecule has 0 aliphatic carbocycles. The lowest BCUT2D eigenvalue weighted by Crippen LogP contribution is -2.19. The summed E-state index contributed by atoms with van der Waals surface area (Å²) in [5.41, 5.74) is 4.60. The van der Waals surface area contributed by atoms with E-state index >= 15 is 0 Å². The number of likely N-dealkylation sites (tertiary alicyclic amines) is 1. The maximum Gasteiger partial charge on any atom is 0.128 e. The average molecular weight is 369 g/mol. The molecule has 5 rings (SSSR count). The SMILES string of the molecule is C1=NCC(c2ccc(Oc3ccc4nc(CN5CCCC5)ccc4c3)cc2)=C1. The summed E-state index contributed by atoms with van der Waals surface area (Å²) in [5.74, 6) is 1.67. The van der Waals surface area contributed by atoms with Gasteiger partial charge >= 0.3 is 0 Å². The standard InChI is InChI=1S/C24H23N3O/c1-2-14-27(13-1)17-21-6-3-19-15-23(9-10-24(19)26-21)28-22-7-4-18(5-8-22)20-11-12-25-16-20/h3-12,15H,1-2,13-14,16-17H2. The smallest absolute Gasteiger partial charge is 0.128 e. The molecule has 2 aromatic carbocycles. The van der Waals surface area contributed by atoms with Gasteiger partial charge in [-0.05, 0) is 79.5 Å². The van der Waals surface area contributed by atoms with Gasteiger partial charge in [0.2, 0.25) is 0 Å². The molecule has 0 spiro atoms. The van der Waals surface area contributed by atoms with Gasteiger partial charge in [0.25, 0.3) is 0 Å². The number of allylic oxidation sites excluding steroid dienone is 1. The van der Waals surface area contributed by atoms with Crippen LogP contribution in [0.15, 0.2) is 65.7 Å². The maximum absolute atomic E-state index is 6.06. The molecule has 4 heteroatoms. The average Bonchev–Trinajstić information content (AvgIpc) is 3.43. The molecular weight excluding hydrogens is 346 g/mol. The van der Waals surface area contributed by atoms with Crippen molar-refractivity contribution in [2.24, 2.45) is 4.99 Å². The molecule has 0 bridgehead atoms. The summed E-state index contributed by atoms with van der Waals surface area (Å²) < 4.78 is 6.06. The van der Waals surface area contributed by atoms with Crippen LogP contribution in [0.5, 0.6) is 11.5 Å². The van der Waals surface area contributed by atoms with Crippen LogP contribution in [-0.4, -0.2) is 35.7 Å². The number of aromatic nitrogens is 1. The number of rotatable bonds is 5. The third kappa shape index (κ3) is 3.69. The summed E-state index contributed by atoms with van der Waals surface area (Å²) in [5, 5.41) is 1.10. The number of aliphatic imine (C=N–C) groups is 1. The highest BCUT2D eigenvalue weighted by Gasteiger charge is 2.12. The summed E-state index contributed by atoms with van der Waals surface area (Å²) in [6.07, 6.45) is 6.53. The molecule has 0 N–H and O–H groups in total. The van der Waals surface area contributed by atoms with E-state index in [9.17, 15) is 0 Å². The van der Waals surface area contributed by atoms with Crippen molar-refractivity contribution < 1.29 is 4.74 Å². The fraction of sp³-hybridized carbons (Fsp3) is 0.250. The number of ether oxygens (including phenoxy) is 1. The van der Waals surface area contributed by atoms with Crippen LogP contribution in [0.25, 0.3) is 16.5 Å². The molecule has 3 aromatic rings. The Morgan fingerprint density at radius 3 is 2.50 bits per heavy atom. The molecule has 0 saturated carbocycles. The lowest BCUT2D eigenvalue weighted by atomic mass is 10.1. The fourth-order valence-electron chi connectivity index (χ4n) is 3.87. The van der Waals surface area contributed by atoms with Crippen LogP contribution in [0, 0.1) is 0 Å². The van der Waals surface area contributed by atoms with Crippen molar-refractivity contribution in [3.63, 3.8) is 0 Å². The van der Waals surface area contributed by atoms with Crippen LogP contribution in [0.2, 0.25) is 0 Å². The highest BCUT2D eigenvalue weighted by Crippen LogP contribution is 2.27. The monoisotopic (exact) mass is 369 g/mol. The Bertz CT molecular complexity index is 1050. The topological polar surface area (TPSA) is 37.7 Å². The lowest BCUT2D eigenvalue weighted by molar-refractivity contribution is 0.327. The zero-order chi connectivity index (χ0) is 18.8. The van der Waals surface area contributed by atoms with E-state index in [0.717, 1.165) is 41.2 Å². The molecule has 0 amide bonds. The van der Waals surface area contributed by atoms with Crippen molar-refractivity contribution in [1.82, 2.24) is 9.88 Å². The molecular formula is C24H23N3O. The van der Waals surface area contributed by atoms with Crippen molar-refractivity contribution in [1.29, 1.82) is 0 Å². The second kappa shape index (κ2) is 7.56. The zero-order valence-corrected chi connectivity index (χ0v) is 15.8. The van der Waals surface area contributed by atoms with E-state index in [1.165, 1.54) is 37.1 Å². The second-order valence-corrected chi connectivity index (χ2v) is 7.45. The number of hydrogen-bond donors (Lipinski definition) is 0. The first kappa shape index (κ1) is 17.1. The first-order valence-electron chi connectivity index (χ1n) is 9.93. The van der Waals surface area contributed by atoms with Crippen molar-refractivity contribution in [2.45, 2.75) is 19.4 Å². The fourth-order valence-corrected chi connectivity index (χ4v) is 3.87. The molecule has 3 heterocycles. The minimum atomic E-state index is 0.762. The van der Waals surface area contributed by atoms with Crippen molar-refractivity contribution in [3.8, 4) is 11.5 Å². The molecule has 140 valence electrons. The first-order chi connectivity index (χ1) is 13.8. The van der Waals surface area contributed by atoms with Crippen LogP contribution in [0.4, 0.5) is 0 Å². The summed E-state index contributed by atoms with van der Waals surface area (Å²) in [6.45, 7) is 4.09. The summed E-state index contributed by atoms with van der Waals surface area (Å²) in [6, 6.07) is 18.6. The molecule has 1 saturated heterocycles. The van der Waals surface area contributed by atoms with E-state index in [4.69, 9.17) is 9.72 Å². The van der Waals surface area contributed by atoms with Crippen molar-refractivity contribution in [2.75, 3.05) is 19.6 Å². The van der Waals surface area contributed by atoms with E-state index in [1.54, 1.807) is 0 Å². The molecule has 1 fully saturated rings. The van der Waals surface area contributed by atoms with Gasteiger partial charge in [0, 0.05) is 18.1 Å². The first-order valence-corrected chi connectivity index (χ1v) is 9.93. The number of pyridine rings is 1. The summed E-state index contributed by atoms with van der Waals surface area (Å²) in [7, 11) is 0. The van der Waals surface area contributed by atoms with Gasteiger partial charge in [-0.2, -0.15) is 0 Å². The molecule has 28 heavy (non-hydrogen) atoms. The van der Waals surface area contributed by atoms with Crippen LogP contribution in [0.1, 0.15) is 24.1 Å². The second-order valence-electron chi connectivity index (χ2n) is 7.45. The third-order valence-corrected chi connectivity index (χ3v) is 5.41. The molecule has 0 atom stereocenters. The van der Waals surface area contributed by atoms with Gasteiger partial charge in [-0.1, -0.05) is 18.2 Å². The Kier molecular flexibility index (Phi) is 4.63. The van der Waals surface area contributed by atoms with Crippen molar-refractivity contribution >= 4 is 22.7 Å². The maximum atomic E-state index is 6.06. The van der Waals surface area contributed by atoms with E-state index in [1.807, 2.05) is 30.5 Å². The Morgan fingerprint density at radius 1 is 0.893 bits per heavy atom. The molecule has 1 aromatic heterocycles. The summed E-state index contributed by atoms with van der Waals surface area (Å²) >= 11 is 0. The van der Waals surface area contributed by atoms with E-state index in [0.29, 0.717) is 0 Å². The van der Waals surface area contributed by atoms with Crippen LogP contribution < -0.4 is 4.74 Å². The predicted octanol–water partition coefficient (Wildman–Crippen LogP) is 5.09. The molecule has 0 radical (unpaired) electrons. The van der Waals surface area contributed by atoms with E-state index in [2.05, 4.69) is 46.3 Å². The Balaban J connectivity index is 1.30. The third-order valence-electron chi connectivity index (χ3n) is 5.41. The highest BCUT2D eigenvalue weighted by molar-refractivity contribution is 5.89. The number of benzene rings is 2. The van der Waals surface area contributed by atoms with Gasteiger partial charge in [0.1, 0.15) is 11.5 Å². The quantitative estimate of drug-likeness (QED) is 0.629. The normalized spacial score (nSPS) is 16.6. The minimum Gasteiger partial charge on any atom is -0.457 e. The summed E-state index contributed by atoms with van der Waals surface area (Å²) in [4.78, 5) is 11.5. The molecule has 4 nitrogen and oxygen atoms in total.